The third kappa shape index (κ3) is 6.73. The third-order valence-corrected chi connectivity index (χ3v) is 7.67. The molecule has 0 fully saturated rings. The summed E-state index contributed by atoms with van der Waals surface area (Å²) < 4.78 is 0. The Morgan fingerprint density at radius 1 is 0.526 bits per heavy atom. The second-order valence-corrected chi connectivity index (χ2v) is 12.9. The number of hydrogen-bond acceptors (Lipinski definition) is 2. The van der Waals surface area contributed by atoms with Gasteiger partial charge in [0.1, 0.15) is 11.0 Å². The highest BCUT2D eigenvalue weighted by atomic mass is 15.5. The number of hydrogen-bond donors (Lipinski definition) is 0. The third-order valence-electron chi connectivity index (χ3n) is 7.67. The molecule has 0 unspecified atom stereocenters. The molecule has 0 N–H and O–H groups in total. The maximum atomic E-state index is 5.06. The van der Waals surface area contributed by atoms with E-state index in [1.165, 1.54) is 60.8 Å². The van der Waals surface area contributed by atoms with Gasteiger partial charge in [0.05, 0.1) is 6.54 Å². The summed E-state index contributed by atoms with van der Waals surface area (Å²) >= 11 is 0. The van der Waals surface area contributed by atoms with E-state index in [1.54, 1.807) is 0 Å². The monoisotopic (exact) mass is 509 g/mol. The van der Waals surface area contributed by atoms with Gasteiger partial charge in [-0.25, -0.2) is 0 Å². The van der Waals surface area contributed by atoms with Gasteiger partial charge in [0.2, 0.25) is 0 Å². The normalized spacial score (nSPS) is 12.4. The molecule has 0 saturated heterocycles. The molecule has 0 saturated carbocycles. The molecule has 38 heavy (non-hydrogen) atoms. The lowest BCUT2D eigenvalue weighted by atomic mass is 9.85. The highest BCUT2D eigenvalue weighted by Crippen LogP contribution is 2.35. The standard InChI is InChI=1S/C35H47N3/c1-8-9-10-11-12-13-14-25-38-36-32-30(26-15-19-28(20-16-26)34(2,3)4)23-24-31(33(32)37-38)27-17-21-29(22-18-27)35(5,6)7/h15-24H,8-14,25H2,1-7H3. The summed E-state index contributed by atoms with van der Waals surface area (Å²) in [6.45, 7) is 16.7. The zero-order chi connectivity index (χ0) is 27.3. The van der Waals surface area contributed by atoms with Crippen LogP contribution in [0, 0.1) is 0 Å². The molecular formula is C35H47N3. The summed E-state index contributed by atoms with van der Waals surface area (Å²) in [5, 5.41) is 10.1. The Morgan fingerprint density at radius 2 is 0.921 bits per heavy atom. The molecule has 0 spiro atoms. The van der Waals surface area contributed by atoms with Crippen molar-refractivity contribution in [3.8, 4) is 22.3 Å². The van der Waals surface area contributed by atoms with Crippen LogP contribution in [0.15, 0.2) is 60.7 Å². The van der Waals surface area contributed by atoms with E-state index >= 15 is 0 Å². The molecule has 3 heteroatoms. The Labute approximate surface area is 230 Å². The quantitative estimate of drug-likeness (QED) is 0.199. The molecule has 4 aromatic rings. The minimum absolute atomic E-state index is 0.136. The number of nitrogens with zero attached hydrogens (tertiary/aromatic N) is 3. The van der Waals surface area contributed by atoms with Gasteiger partial charge in [-0.2, -0.15) is 15.0 Å². The summed E-state index contributed by atoms with van der Waals surface area (Å²) in [6.07, 6.45) is 9.01. The van der Waals surface area contributed by atoms with E-state index in [4.69, 9.17) is 10.2 Å². The van der Waals surface area contributed by atoms with Crippen molar-refractivity contribution < 1.29 is 0 Å². The summed E-state index contributed by atoms with van der Waals surface area (Å²) in [4.78, 5) is 1.94. The fourth-order valence-corrected chi connectivity index (χ4v) is 5.11. The van der Waals surface area contributed by atoms with Crippen LogP contribution in [-0.4, -0.2) is 15.0 Å². The first-order valence-electron chi connectivity index (χ1n) is 14.7. The highest BCUT2D eigenvalue weighted by molar-refractivity contribution is 6.00. The molecule has 3 aromatic carbocycles. The fourth-order valence-electron chi connectivity index (χ4n) is 5.11. The largest absolute Gasteiger partial charge is 0.184 e. The SMILES string of the molecule is CCCCCCCCCn1nc2c(-c3ccc(C(C)(C)C)cc3)ccc(-c3ccc(C(C)(C)C)cc3)c2n1. The predicted molar refractivity (Wildman–Crippen MR) is 164 cm³/mol. The number of aryl methyl sites for hydroxylation is 1. The summed E-state index contributed by atoms with van der Waals surface area (Å²) in [7, 11) is 0. The van der Waals surface area contributed by atoms with Gasteiger partial charge in [-0.3, -0.25) is 0 Å². The zero-order valence-electron chi connectivity index (χ0n) is 24.8. The van der Waals surface area contributed by atoms with E-state index in [0.29, 0.717) is 0 Å². The van der Waals surface area contributed by atoms with Crippen molar-refractivity contribution >= 4 is 11.0 Å². The lowest BCUT2D eigenvalue weighted by molar-refractivity contribution is 0.486. The Balaban J connectivity index is 1.67. The molecule has 0 atom stereocenters. The van der Waals surface area contributed by atoms with Crippen molar-refractivity contribution in [2.75, 3.05) is 0 Å². The van der Waals surface area contributed by atoms with Gasteiger partial charge in [-0.1, -0.05) is 148 Å². The van der Waals surface area contributed by atoms with Crippen molar-refractivity contribution in [1.29, 1.82) is 0 Å². The van der Waals surface area contributed by atoms with Crippen molar-refractivity contribution in [3.63, 3.8) is 0 Å². The summed E-state index contributed by atoms with van der Waals surface area (Å²) in [5.41, 5.74) is 9.64. The zero-order valence-corrected chi connectivity index (χ0v) is 24.8. The molecule has 1 heterocycles. The van der Waals surface area contributed by atoms with Crippen LogP contribution in [0.3, 0.4) is 0 Å². The van der Waals surface area contributed by atoms with Gasteiger partial charge in [-0.05, 0) is 39.5 Å². The number of unbranched alkanes of at least 4 members (excludes halogenated alkanes) is 6. The number of rotatable bonds is 10. The molecule has 0 amide bonds. The molecule has 1 aromatic heterocycles. The molecule has 202 valence electrons. The molecule has 4 rings (SSSR count). The van der Waals surface area contributed by atoms with Crippen molar-refractivity contribution in [1.82, 2.24) is 15.0 Å². The summed E-state index contributed by atoms with van der Waals surface area (Å²) in [6, 6.07) is 22.4. The van der Waals surface area contributed by atoms with Crippen LogP contribution in [0.5, 0.6) is 0 Å². The van der Waals surface area contributed by atoms with Crippen LogP contribution in [0.4, 0.5) is 0 Å². The number of benzene rings is 3. The predicted octanol–water partition coefficient (Wildman–Crippen LogP) is 10.1. The van der Waals surface area contributed by atoms with Crippen LogP contribution >= 0.6 is 0 Å². The Morgan fingerprint density at radius 3 is 1.32 bits per heavy atom. The smallest absolute Gasteiger partial charge is 0.121 e. The van der Waals surface area contributed by atoms with Crippen LogP contribution < -0.4 is 0 Å². The minimum Gasteiger partial charge on any atom is -0.184 e. The van der Waals surface area contributed by atoms with Crippen molar-refractivity contribution in [2.24, 2.45) is 0 Å². The number of aromatic nitrogens is 3. The van der Waals surface area contributed by atoms with E-state index in [9.17, 15) is 0 Å². The van der Waals surface area contributed by atoms with Crippen LogP contribution in [0.2, 0.25) is 0 Å². The molecule has 0 aliphatic rings. The molecule has 3 nitrogen and oxygen atoms in total. The minimum atomic E-state index is 0.136. The average Bonchev–Trinajstić information content (AvgIpc) is 3.31. The van der Waals surface area contributed by atoms with Crippen LogP contribution in [-0.2, 0) is 17.4 Å². The van der Waals surface area contributed by atoms with Gasteiger partial charge in [-0.15, -0.1) is 0 Å². The first kappa shape index (κ1) is 28.1. The molecule has 0 radical (unpaired) electrons. The molecule has 0 aliphatic carbocycles. The van der Waals surface area contributed by atoms with Crippen LogP contribution in [0.1, 0.15) is 105 Å². The lowest BCUT2D eigenvalue weighted by Crippen LogP contribution is -2.10. The number of fused-ring (bicyclic) bond motifs is 1. The maximum absolute atomic E-state index is 5.06. The van der Waals surface area contributed by atoms with E-state index in [2.05, 4.69) is 109 Å². The van der Waals surface area contributed by atoms with Crippen molar-refractivity contribution in [2.45, 2.75) is 111 Å². The van der Waals surface area contributed by atoms with Gasteiger partial charge >= 0.3 is 0 Å². The molecular weight excluding hydrogens is 462 g/mol. The van der Waals surface area contributed by atoms with E-state index < -0.39 is 0 Å². The van der Waals surface area contributed by atoms with E-state index in [-0.39, 0.29) is 10.8 Å². The molecule has 0 bridgehead atoms. The topological polar surface area (TPSA) is 30.7 Å². The Kier molecular flexibility index (Phi) is 8.75. The first-order chi connectivity index (χ1) is 18.1. The van der Waals surface area contributed by atoms with Gasteiger partial charge in [0.25, 0.3) is 0 Å². The Hall–Kier alpha value is -2.94. The second-order valence-electron chi connectivity index (χ2n) is 12.9. The van der Waals surface area contributed by atoms with E-state index in [0.717, 1.165) is 35.1 Å². The van der Waals surface area contributed by atoms with Gasteiger partial charge in [0.15, 0.2) is 0 Å². The fraction of sp³-hybridized carbons (Fsp3) is 0.486. The first-order valence-corrected chi connectivity index (χ1v) is 14.7. The maximum Gasteiger partial charge on any atom is 0.121 e. The summed E-state index contributed by atoms with van der Waals surface area (Å²) in [5.74, 6) is 0. The Bertz CT molecular complexity index is 1220. The average molecular weight is 510 g/mol. The van der Waals surface area contributed by atoms with E-state index in [1.807, 2.05) is 4.80 Å². The van der Waals surface area contributed by atoms with Crippen LogP contribution in [0.25, 0.3) is 33.3 Å². The second kappa shape index (κ2) is 11.8. The van der Waals surface area contributed by atoms with Gasteiger partial charge < -0.3 is 0 Å². The molecule has 0 aliphatic heterocycles. The lowest BCUT2D eigenvalue weighted by Gasteiger charge is -2.19. The highest BCUT2D eigenvalue weighted by Gasteiger charge is 2.18. The van der Waals surface area contributed by atoms with Gasteiger partial charge in [0, 0.05) is 11.1 Å². The van der Waals surface area contributed by atoms with Crippen molar-refractivity contribution in [3.05, 3.63) is 71.8 Å².